The fourth-order valence-electron chi connectivity index (χ4n) is 3.07. The molecule has 1 aliphatic heterocycles. The maximum atomic E-state index is 11.8. The van der Waals surface area contributed by atoms with Gasteiger partial charge in [0.05, 0.1) is 0 Å². The zero-order chi connectivity index (χ0) is 16.3. The summed E-state index contributed by atoms with van der Waals surface area (Å²) in [4.78, 5) is 16.7. The number of piperazine rings is 1. The van der Waals surface area contributed by atoms with Crippen molar-refractivity contribution in [1.82, 2.24) is 9.80 Å². The maximum Gasteiger partial charge on any atom is 0.249 e. The van der Waals surface area contributed by atoms with Gasteiger partial charge in [-0.05, 0) is 29.2 Å². The van der Waals surface area contributed by atoms with E-state index in [1.807, 2.05) is 6.07 Å². The average molecular weight is 303 g/mol. The molecule has 0 atom stereocenters. The van der Waals surface area contributed by atoms with Gasteiger partial charge in [0.15, 0.2) is 0 Å². The Morgan fingerprint density at radius 1 is 1.14 bits per heavy atom. The molecule has 0 aliphatic carbocycles. The van der Waals surface area contributed by atoms with Gasteiger partial charge in [0.25, 0.3) is 0 Å². The molecule has 0 bridgehead atoms. The zero-order valence-corrected chi connectivity index (χ0v) is 14.4. The summed E-state index contributed by atoms with van der Waals surface area (Å²) in [5.74, 6) is -0.331. The molecule has 0 spiro atoms. The van der Waals surface area contributed by atoms with Crippen LogP contribution in [0.25, 0.3) is 0 Å². The quantitative estimate of drug-likeness (QED) is 0.928. The Morgan fingerprint density at radius 3 is 2.23 bits per heavy atom. The number of primary amides is 1. The van der Waals surface area contributed by atoms with Crippen LogP contribution in [0.3, 0.4) is 0 Å². The van der Waals surface area contributed by atoms with Gasteiger partial charge in [0.2, 0.25) is 5.91 Å². The Kier molecular flexibility index (Phi) is 5.24. The van der Waals surface area contributed by atoms with Crippen molar-refractivity contribution in [3.63, 3.8) is 0 Å². The summed E-state index contributed by atoms with van der Waals surface area (Å²) in [5, 5.41) is 0. The van der Waals surface area contributed by atoms with Gasteiger partial charge < -0.3 is 10.6 Å². The highest BCUT2D eigenvalue weighted by atomic mass is 16.1. The first kappa shape index (κ1) is 17.0. The average Bonchev–Trinajstić information content (AvgIpc) is 2.47. The number of rotatable bonds is 4. The number of likely N-dealkylation sites (N-methyl/N-ethyl adjacent to an activating group) is 1. The minimum atomic E-state index is -0.331. The van der Waals surface area contributed by atoms with Crippen LogP contribution in [0.5, 0.6) is 0 Å². The van der Waals surface area contributed by atoms with Crippen molar-refractivity contribution in [1.29, 1.82) is 0 Å². The van der Waals surface area contributed by atoms with Crippen LogP contribution < -0.4 is 5.73 Å². The molecule has 1 amide bonds. The van der Waals surface area contributed by atoms with Crippen LogP contribution in [0.15, 0.2) is 18.2 Å². The molecule has 1 aromatic rings. The largest absolute Gasteiger partial charge is 0.366 e. The fraction of sp³-hybridized carbons (Fsp3) is 0.611. The van der Waals surface area contributed by atoms with E-state index in [1.54, 1.807) is 0 Å². The lowest BCUT2D eigenvalue weighted by Crippen LogP contribution is -2.45. The van der Waals surface area contributed by atoms with Crippen molar-refractivity contribution >= 4 is 5.91 Å². The molecular weight excluding hydrogens is 274 g/mol. The van der Waals surface area contributed by atoms with Gasteiger partial charge in [-0.2, -0.15) is 0 Å². The number of nitrogens with two attached hydrogens (primary N) is 1. The summed E-state index contributed by atoms with van der Waals surface area (Å²) in [5.41, 5.74) is 8.38. The highest BCUT2D eigenvalue weighted by Crippen LogP contribution is 2.27. The minimum absolute atomic E-state index is 0.0738. The molecule has 0 saturated carbocycles. The second-order valence-corrected chi connectivity index (χ2v) is 7.20. The molecule has 0 unspecified atom stereocenters. The first-order valence-electron chi connectivity index (χ1n) is 8.19. The van der Waals surface area contributed by atoms with Crippen molar-refractivity contribution in [2.75, 3.05) is 32.7 Å². The lowest BCUT2D eigenvalue weighted by molar-refractivity contribution is 0.0997. The summed E-state index contributed by atoms with van der Waals surface area (Å²) in [7, 11) is 0. The second-order valence-electron chi connectivity index (χ2n) is 7.20. The Hall–Kier alpha value is -1.39. The third-order valence-electron chi connectivity index (χ3n) is 4.48. The number of benzene rings is 1. The van der Waals surface area contributed by atoms with Crippen molar-refractivity contribution in [3.05, 3.63) is 34.9 Å². The molecule has 1 aliphatic rings. The van der Waals surface area contributed by atoms with Crippen LogP contribution >= 0.6 is 0 Å². The van der Waals surface area contributed by atoms with Crippen LogP contribution in [0.4, 0.5) is 0 Å². The highest BCUT2D eigenvalue weighted by molar-refractivity contribution is 5.94. The molecule has 22 heavy (non-hydrogen) atoms. The highest BCUT2D eigenvalue weighted by Gasteiger charge is 2.22. The standard InChI is InChI=1S/C18H29N3O/c1-5-20-8-10-21(11-9-20)13-14-6-7-16(18(2,3)4)15(12-14)17(19)22/h6-7,12H,5,8-11,13H2,1-4H3,(H2,19,22). The number of amides is 1. The molecule has 1 heterocycles. The smallest absolute Gasteiger partial charge is 0.249 e. The van der Waals surface area contributed by atoms with Crippen molar-refractivity contribution in [2.24, 2.45) is 5.73 Å². The fourth-order valence-corrected chi connectivity index (χ4v) is 3.07. The molecule has 1 aromatic carbocycles. The van der Waals surface area contributed by atoms with E-state index in [0.29, 0.717) is 5.56 Å². The topological polar surface area (TPSA) is 49.6 Å². The molecule has 1 fully saturated rings. The van der Waals surface area contributed by atoms with E-state index in [4.69, 9.17) is 5.73 Å². The molecule has 0 aromatic heterocycles. The van der Waals surface area contributed by atoms with Gasteiger partial charge in [-0.3, -0.25) is 9.69 Å². The van der Waals surface area contributed by atoms with E-state index in [1.165, 1.54) is 5.56 Å². The number of carbonyl (C=O) groups is 1. The van der Waals surface area contributed by atoms with Crippen LogP contribution in [0, 0.1) is 0 Å². The molecular formula is C18H29N3O. The minimum Gasteiger partial charge on any atom is -0.366 e. The zero-order valence-electron chi connectivity index (χ0n) is 14.4. The van der Waals surface area contributed by atoms with Gasteiger partial charge in [0, 0.05) is 38.3 Å². The van der Waals surface area contributed by atoms with E-state index in [2.05, 4.69) is 49.6 Å². The van der Waals surface area contributed by atoms with E-state index in [-0.39, 0.29) is 11.3 Å². The Morgan fingerprint density at radius 2 is 1.73 bits per heavy atom. The second kappa shape index (κ2) is 6.80. The molecule has 122 valence electrons. The number of carbonyl (C=O) groups excluding carboxylic acids is 1. The Labute approximate surface area is 134 Å². The summed E-state index contributed by atoms with van der Waals surface area (Å²) < 4.78 is 0. The maximum absolute atomic E-state index is 11.8. The van der Waals surface area contributed by atoms with Gasteiger partial charge in [-0.25, -0.2) is 0 Å². The molecule has 4 heteroatoms. The lowest BCUT2D eigenvalue weighted by atomic mass is 9.83. The summed E-state index contributed by atoms with van der Waals surface area (Å²) in [6, 6.07) is 6.19. The number of nitrogens with zero attached hydrogens (tertiary/aromatic N) is 2. The summed E-state index contributed by atoms with van der Waals surface area (Å²) in [6.07, 6.45) is 0. The Balaban J connectivity index is 2.13. The molecule has 2 rings (SSSR count). The number of hydrogen-bond donors (Lipinski definition) is 1. The molecule has 1 saturated heterocycles. The van der Waals surface area contributed by atoms with Crippen LogP contribution in [-0.2, 0) is 12.0 Å². The lowest BCUT2D eigenvalue weighted by Gasteiger charge is -2.34. The van der Waals surface area contributed by atoms with E-state index >= 15 is 0 Å². The third kappa shape index (κ3) is 4.08. The third-order valence-corrected chi connectivity index (χ3v) is 4.48. The SMILES string of the molecule is CCN1CCN(Cc2ccc(C(C)(C)C)c(C(N)=O)c2)CC1. The van der Waals surface area contributed by atoms with E-state index < -0.39 is 0 Å². The number of hydrogen-bond acceptors (Lipinski definition) is 3. The van der Waals surface area contributed by atoms with Crippen LogP contribution in [0.2, 0.25) is 0 Å². The first-order valence-corrected chi connectivity index (χ1v) is 8.19. The first-order chi connectivity index (χ1) is 10.3. The van der Waals surface area contributed by atoms with Crippen LogP contribution in [-0.4, -0.2) is 48.4 Å². The predicted octanol–water partition coefficient (Wildman–Crippen LogP) is 2.22. The van der Waals surface area contributed by atoms with E-state index in [0.717, 1.165) is 44.8 Å². The molecule has 0 radical (unpaired) electrons. The summed E-state index contributed by atoms with van der Waals surface area (Å²) >= 11 is 0. The predicted molar refractivity (Wildman–Crippen MR) is 91.1 cm³/mol. The summed E-state index contributed by atoms with van der Waals surface area (Å²) in [6.45, 7) is 15.0. The van der Waals surface area contributed by atoms with Gasteiger partial charge in [-0.1, -0.05) is 39.8 Å². The Bertz CT molecular complexity index is 526. The van der Waals surface area contributed by atoms with Gasteiger partial charge in [-0.15, -0.1) is 0 Å². The monoisotopic (exact) mass is 303 g/mol. The van der Waals surface area contributed by atoms with Gasteiger partial charge in [0.1, 0.15) is 0 Å². The van der Waals surface area contributed by atoms with E-state index in [9.17, 15) is 4.79 Å². The normalized spacial score (nSPS) is 17.6. The van der Waals surface area contributed by atoms with Gasteiger partial charge >= 0.3 is 0 Å². The van der Waals surface area contributed by atoms with Crippen molar-refractivity contribution in [2.45, 2.75) is 39.7 Å². The van der Waals surface area contributed by atoms with Crippen molar-refractivity contribution in [3.8, 4) is 0 Å². The van der Waals surface area contributed by atoms with Crippen molar-refractivity contribution < 1.29 is 4.79 Å². The molecule has 4 nitrogen and oxygen atoms in total. The van der Waals surface area contributed by atoms with Crippen LogP contribution in [0.1, 0.15) is 49.2 Å². The molecule has 2 N–H and O–H groups in total.